The summed E-state index contributed by atoms with van der Waals surface area (Å²) in [5.74, 6) is 1.25. The van der Waals surface area contributed by atoms with Gasteiger partial charge in [-0.1, -0.05) is 12.1 Å². The lowest BCUT2D eigenvalue weighted by Crippen LogP contribution is -2.18. The van der Waals surface area contributed by atoms with Crippen molar-refractivity contribution < 1.29 is 4.42 Å². The first kappa shape index (κ1) is 15.9. The molecule has 0 fully saturated rings. The van der Waals surface area contributed by atoms with E-state index in [4.69, 9.17) is 4.42 Å². The standard InChI is InChI=1S/C19H13N7O2/c27-19-24-14-3-1-2-4-15(14)26(19)18-22-10-21-17(25-18)23-13-7-5-12(6-8-13)16-9-20-11-28-16/h1-11H,(H,24,27)(H,21,22,23,25). The minimum atomic E-state index is -0.310. The van der Waals surface area contributed by atoms with Crippen LogP contribution in [0.4, 0.5) is 11.6 Å². The summed E-state index contributed by atoms with van der Waals surface area (Å²) < 4.78 is 6.69. The lowest BCUT2D eigenvalue weighted by molar-refractivity contribution is 0.572. The van der Waals surface area contributed by atoms with Crippen molar-refractivity contribution >= 4 is 22.7 Å². The molecule has 0 aliphatic rings. The van der Waals surface area contributed by atoms with Gasteiger partial charge >= 0.3 is 5.69 Å². The Hall–Kier alpha value is -4.27. The normalized spacial score (nSPS) is 11.0. The minimum Gasteiger partial charge on any atom is -0.444 e. The van der Waals surface area contributed by atoms with Gasteiger partial charge in [-0.25, -0.2) is 24.3 Å². The van der Waals surface area contributed by atoms with Crippen molar-refractivity contribution in [3.63, 3.8) is 0 Å². The van der Waals surface area contributed by atoms with Crippen LogP contribution in [0.1, 0.15) is 0 Å². The molecule has 5 aromatic rings. The molecular weight excluding hydrogens is 358 g/mol. The molecule has 3 aromatic heterocycles. The number of hydrogen-bond acceptors (Lipinski definition) is 7. The molecule has 0 unspecified atom stereocenters. The van der Waals surface area contributed by atoms with Gasteiger partial charge < -0.3 is 14.7 Å². The average Bonchev–Trinajstić information content (AvgIpc) is 3.36. The van der Waals surface area contributed by atoms with Gasteiger partial charge in [-0.05, 0) is 36.4 Å². The first-order valence-corrected chi connectivity index (χ1v) is 8.43. The van der Waals surface area contributed by atoms with E-state index in [9.17, 15) is 4.79 Å². The highest BCUT2D eigenvalue weighted by Gasteiger charge is 2.12. The van der Waals surface area contributed by atoms with E-state index in [1.807, 2.05) is 48.5 Å². The summed E-state index contributed by atoms with van der Waals surface area (Å²) >= 11 is 0. The van der Waals surface area contributed by atoms with Gasteiger partial charge in [0.15, 0.2) is 12.2 Å². The van der Waals surface area contributed by atoms with E-state index in [1.165, 1.54) is 17.3 Å². The van der Waals surface area contributed by atoms with Crippen LogP contribution in [0.2, 0.25) is 0 Å². The Morgan fingerprint density at radius 2 is 1.89 bits per heavy atom. The summed E-state index contributed by atoms with van der Waals surface area (Å²) in [7, 11) is 0. The average molecular weight is 371 g/mol. The van der Waals surface area contributed by atoms with Gasteiger partial charge in [0, 0.05) is 11.3 Å². The van der Waals surface area contributed by atoms with Gasteiger partial charge in [0.2, 0.25) is 11.9 Å². The van der Waals surface area contributed by atoms with Crippen LogP contribution >= 0.6 is 0 Å². The maximum Gasteiger partial charge on any atom is 0.333 e. The maximum atomic E-state index is 12.3. The van der Waals surface area contributed by atoms with E-state index in [0.29, 0.717) is 22.7 Å². The number of oxazole rings is 1. The lowest BCUT2D eigenvalue weighted by atomic mass is 10.2. The summed E-state index contributed by atoms with van der Waals surface area (Å²) in [6.07, 6.45) is 4.40. The third kappa shape index (κ3) is 2.80. The molecule has 0 aliphatic heterocycles. The number of benzene rings is 2. The molecule has 28 heavy (non-hydrogen) atoms. The van der Waals surface area contributed by atoms with Gasteiger partial charge in [0.25, 0.3) is 0 Å². The van der Waals surface area contributed by atoms with Crippen LogP contribution in [0, 0.1) is 0 Å². The number of imidazole rings is 1. The number of aromatic nitrogens is 6. The number of H-pyrrole nitrogens is 1. The second-order valence-electron chi connectivity index (χ2n) is 5.96. The summed E-state index contributed by atoms with van der Waals surface area (Å²) in [5, 5.41) is 3.11. The molecule has 5 rings (SSSR count). The third-order valence-electron chi connectivity index (χ3n) is 4.21. The molecule has 0 radical (unpaired) electrons. The molecule has 2 aromatic carbocycles. The Labute approximate surface area is 157 Å². The highest BCUT2D eigenvalue weighted by atomic mass is 16.3. The monoisotopic (exact) mass is 371 g/mol. The van der Waals surface area contributed by atoms with Crippen molar-refractivity contribution in [1.82, 2.24) is 29.5 Å². The van der Waals surface area contributed by atoms with Gasteiger partial charge in [0.05, 0.1) is 17.2 Å². The molecule has 9 heteroatoms. The van der Waals surface area contributed by atoms with Gasteiger partial charge in [-0.15, -0.1) is 0 Å². The second kappa shape index (κ2) is 6.47. The Morgan fingerprint density at radius 1 is 1.04 bits per heavy atom. The zero-order chi connectivity index (χ0) is 18.9. The van der Waals surface area contributed by atoms with Crippen LogP contribution in [-0.2, 0) is 0 Å². The fourth-order valence-electron chi connectivity index (χ4n) is 2.91. The Balaban J connectivity index is 1.46. The molecule has 0 saturated heterocycles. The van der Waals surface area contributed by atoms with Gasteiger partial charge in [-0.3, -0.25) is 0 Å². The zero-order valence-corrected chi connectivity index (χ0v) is 14.4. The Morgan fingerprint density at radius 3 is 2.71 bits per heavy atom. The number of aromatic amines is 1. The van der Waals surface area contributed by atoms with E-state index >= 15 is 0 Å². The molecule has 136 valence electrons. The number of para-hydroxylation sites is 2. The number of nitrogens with one attached hydrogen (secondary N) is 2. The molecule has 0 atom stereocenters. The number of fused-ring (bicyclic) bond motifs is 1. The van der Waals surface area contributed by atoms with E-state index in [0.717, 1.165) is 11.3 Å². The third-order valence-corrected chi connectivity index (χ3v) is 4.21. The minimum absolute atomic E-state index is 0.234. The SMILES string of the molecule is O=c1[nH]c2ccccc2n1-c1ncnc(Nc2ccc(-c3cnco3)cc2)n1. The van der Waals surface area contributed by atoms with Crippen molar-refractivity contribution in [2.24, 2.45) is 0 Å². The second-order valence-corrected chi connectivity index (χ2v) is 5.96. The van der Waals surface area contributed by atoms with Crippen LogP contribution < -0.4 is 11.0 Å². The number of hydrogen-bond donors (Lipinski definition) is 2. The van der Waals surface area contributed by atoms with Crippen molar-refractivity contribution in [2.75, 3.05) is 5.32 Å². The molecule has 0 spiro atoms. The van der Waals surface area contributed by atoms with Crippen LogP contribution in [0.25, 0.3) is 28.3 Å². The summed E-state index contributed by atoms with van der Waals surface area (Å²) in [4.78, 5) is 31.7. The smallest absolute Gasteiger partial charge is 0.333 e. The summed E-state index contributed by atoms with van der Waals surface area (Å²) in [5.41, 5.74) is 2.79. The van der Waals surface area contributed by atoms with Crippen molar-refractivity contribution in [1.29, 1.82) is 0 Å². The van der Waals surface area contributed by atoms with Crippen LogP contribution in [0.15, 0.2) is 76.7 Å². The van der Waals surface area contributed by atoms with Gasteiger partial charge in [0.1, 0.15) is 6.33 Å². The predicted octanol–water partition coefficient (Wildman–Crippen LogP) is 2.90. The number of nitrogens with zero attached hydrogens (tertiary/aromatic N) is 5. The molecule has 0 saturated carbocycles. The first-order valence-electron chi connectivity index (χ1n) is 8.43. The van der Waals surface area contributed by atoms with Crippen LogP contribution in [0.3, 0.4) is 0 Å². The summed E-state index contributed by atoms with van der Waals surface area (Å²) in [6, 6.07) is 14.9. The van der Waals surface area contributed by atoms with Crippen LogP contribution in [0.5, 0.6) is 0 Å². The van der Waals surface area contributed by atoms with E-state index in [-0.39, 0.29) is 11.6 Å². The lowest BCUT2D eigenvalue weighted by Gasteiger charge is -2.07. The predicted molar refractivity (Wildman–Crippen MR) is 103 cm³/mol. The van der Waals surface area contributed by atoms with Gasteiger partial charge in [-0.2, -0.15) is 4.98 Å². The molecule has 2 N–H and O–H groups in total. The molecule has 3 heterocycles. The highest BCUT2D eigenvalue weighted by molar-refractivity contribution is 5.76. The van der Waals surface area contributed by atoms with E-state index < -0.39 is 0 Å². The van der Waals surface area contributed by atoms with Crippen LogP contribution in [-0.4, -0.2) is 29.5 Å². The fraction of sp³-hybridized carbons (Fsp3) is 0. The fourth-order valence-corrected chi connectivity index (χ4v) is 2.91. The zero-order valence-electron chi connectivity index (χ0n) is 14.4. The molecule has 0 aliphatic carbocycles. The molecule has 0 bridgehead atoms. The number of anilines is 2. The molecule has 0 amide bonds. The highest BCUT2D eigenvalue weighted by Crippen LogP contribution is 2.22. The van der Waals surface area contributed by atoms with E-state index in [1.54, 1.807) is 6.20 Å². The maximum absolute atomic E-state index is 12.3. The van der Waals surface area contributed by atoms with Crippen molar-refractivity contribution in [3.05, 3.63) is 77.9 Å². The topological polar surface area (TPSA) is 115 Å². The largest absolute Gasteiger partial charge is 0.444 e. The quantitative estimate of drug-likeness (QED) is 0.499. The van der Waals surface area contributed by atoms with Crippen molar-refractivity contribution in [2.45, 2.75) is 0 Å². The molecule has 9 nitrogen and oxygen atoms in total. The molecular formula is C19H13N7O2. The number of rotatable bonds is 4. The van der Waals surface area contributed by atoms with E-state index in [2.05, 4.69) is 30.2 Å². The summed E-state index contributed by atoms with van der Waals surface area (Å²) in [6.45, 7) is 0. The first-order chi connectivity index (χ1) is 13.8. The van der Waals surface area contributed by atoms with Crippen molar-refractivity contribution in [3.8, 4) is 17.3 Å². The Kier molecular flexibility index (Phi) is 3.68. The Bertz CT molecular complexity index is 1300.